The van der Waals surface area contributed by atoms with E-state index in [-0.39, 0.29) is 18.2 Å². The fourth-order valence-electron chi connectivity index (χ4n) is 2.81. The number of aryl methyl sites for hydroxylation is 2. The Hall–Kier alpha value is -3.41. The molecule has 3 aromatic rings. The van der Waals surface area contributed by atoms with E-state index in [1.165, 1.54) is 5.56 Å². The highest BCUT2D eigenvalue weighted by atomic mass is 16.5. The number of benzene rings is 2. The van der Waals surface area contributed by atoms with E-state index in [1.807, 2.05) is 62.4 Å². The van der Waals surface area contributed by atoms with Crippen molar-refractivity contribution in [3.8, 4) is 5.75 Å². The number of hydrogen-bond acceptors (Lipinski definition) is 4. The highest BCUT2D eigenvalue weighted by Gasteiger charge is 2.12. The first-order chi connectivity index (χ1) is 13.5. The second kappa shape index (κ2) is 8.99. The van der Waals surface area contributed by atoms with E-state index in [9.17, 15) is 9.59 Å². The molecule has 2 aromatic carbocycles. The zero-order valence-corrected chi connectivity index (χ0v) is 16.0. The molecule has 1 heterocycles. The summed E-state index contributed by atoms with van der Waals surface area (Å²) in [6.07, 6.45) is 0.801. The van der Waals surface area contributed by atoms with Gasteiger partial charge in [-0.15, -0.1) is 0 Å². The van der Waals surface area contributed by atoms with Crippen LogP contribution < -0.4 is 15.6 Å². The number of amides is 2. The van der Waals surface area contributed by atoms with Crippen LogP contribution in [0.1, 0.15) is 34.5 Å². The summed E-state index contributed by atoms with van der Waals surface area (Å²) in [6.45, 7) is 4.27. The number of carbonyl (C=O) groups is 2. The van der Waals surface area contributed by atoms with E-state index in [0.29, 0.717) is 18.6 Å². The van der Waals surface area contributed by atoms with Crippen molar-refractivity contribution in [2.45, 2.75) is 26.7 Å². The number of hydrogen-bond donors (Lipinski definition) is 2. The summed E-state index contributed by atoms with van der Waals surface area (Å²) in [7, 11) is 0. The van der Waals surface area contributed by atoms with Crippen molar-refractivity contribution in [3.63, 3.8) is 0 Å². The van der Waals surface area contributed by atoms with Crippen LogP contribution in [0.15, 0.2) is 54.6 Å². The molecule has 0 radical (unpaired) electrons. The number of fused-ring (bicyclic) bond motifs is 1. The normalized spacial score (nSPS) is 10.5. The van der Waals surface area contributed by atoms with Crippen LogP contribution in [-0.4, -0.2) is 23.4 Å². The molecule has 144 valence electrons. The fourth-order valence-corrected chi connectivity index (χ4v) is 2.81. The molecule has 0 atom stereocenters. The van der Waals surface area contributed by atoms with Gasteiger partial charge in [0.15, 0.2) is 0 Å². The summed E-state index contributed by atoms with van der Waals surface area (Å²) in [4.78, 5) is 28.9. The van der Waals surface area contributed by atoms with Crippen LogP contribution in [0.3, 0.4) is 0 Å². The SMILES string of the molecule is Cc1ccc(OCCCC(=O)NNC(=O)c2cc(C)nc3ccccc23)cc1. The minimum atomic E-state index is -0.369. The van der Waals surface area contributed by atoms with Crippen LogP contribution in [0.2, 0.25) is 0 Å². The largest absolute Gasteiger partial charge is 0.494 e. The number of nitrogens with one attached hydrogen (secondary N) is 2. The molecule has 3 rings (SSSR count). The summed E-state index contributed by atoms with van der Waals surface area (Å²) >= 11 is 0. The zero-order valence-electron chi connectivity index (χ0n) is 16.0. The molecule has 2 amide bonds. The van der Waals surface area contributed by atoms with Gasteiger partial charge in [-0.1, -0.05) is 35.9 Å². The lowest BCUT2D eigenvalue weighted by Crippen LogP contribution is -2.41. The van der Waals surface area contributed by atoms with Gasteiger partial charge in [0.05, 0.1) is 17.7 Å². The third kappa shape index (κ3) is 5.07. The number of pyridine rings is 1. The van der Waals surface area contributed by atoms with Gasteiger partial charge in [0.2, 0.25) is 5.91 Å². The number of aromatic nitrogens is 1. The molecule has 1 aromatic heterocycles. The predicted octanol–water partition coefficient (Wildman–Crippen LogP) is 3.47. The number of rotatable bonds is 6. The molecule has 2 N–H and O–H groups in total. The topological polar surface area (TPSA) is 80.3 Å². The van der Waals surface area contributed by atoms with Gasteiger partial charge in [-0.05, 0) is 44.5 Å². The third-order valence-electron chi connectivity index (χ3n) is 4.24. The van der Waals surface area contributed by atoms with Gasteiger partial charge in [0, 0.05) is 17.5 Å². The van der Waals surface area contributed by atoms with E-state index in [2.05, 4.69) is 15.8 Å². The molecule has 6 heteroatoms. The Bertz CT molecular complexity index is 984. The molecule has 0 unspecified atom stereocenters. The molecule has 0 aliphatic carbocycles. The highest BCUT2D eigenvalue weighted by molar-refractivity contribution is 6.06. The Labute approximate surface area is 163 Å². The lowest BCUT2D eigenvalue weighted by Gasteiger charge is -2.10. The molecule has 0 bridgehead atoms. The van der Waals surface area contributed by atoms with Gasteiger partial charge in [0.1, 0.15) is 5.75 Å². The van der Waals surface area contributed by atoms with Gasteiger partial charge >= 0.3 is 0 Å². The van der Waals surface area contributed by atoms with Gasteiger partial charge in [0.25, 0.3) is 5.91 Å². The number of nitrogens with zero attached hydrogens (tertiary/aromatic N) is 1. The van der Waals surface area contributed by atoms with Crippen molar-refractivity contribution < 1.29 is 14.3 Å². The summed E-state index contributed by atoms with van der Waals surface area (Å²) < 4.78 is 5.59. The maximum atomic E-state index is 12.5. The Morgan fingerprint density at radius 1 is 1.00 bits per heavy atom. The second-order valence-electron chi connectivity index (χ2n) is 6.60. The number of ether oxygens (including phenoxy) is 1. The van der Waals surface area contributed by atoms with Crippen molar-refractivity contribution >= 4 is 22.7 Å². The van der Waals surface area contributed by atoms with Crippen LogP contribution in [0.5, 0.6) is 5.75 Å². The van der Waals surface area contributed by atoms with E-state index in [0.717, 1.165) is 22.3 Å². The Kier molecular flexibility index (Phi) is 6.22. The second-order valence-corrected chi connectivity index (χ2v) is 6.60. The van der Waals surface area contributed by atoms with Crippen molar-refractivity contribution in [2.75, 3.05) is 6.61 Å². The molecule has 0 aliphatic heterocycles. The van der Waals surface area contributed by atoms with Crippen LogP contribution in [-0.2, 0) is 4.79 Å². The molecule has 0 aliphatic rings. The molecular weight excluding hydrogens is 354 g/mol. The predicted molar refractivity (Wildman–Crippen MR) is 108 cm³/mol. The maximum absolute atomic E-state index is 12.5. The van der Waals surface area contributed by atoms with Crippen molar-refractivity contribution in [1.82, 2.24) is 15.8 Å². The number of carbonyl (C=O) groups excluding carboxylic acids is 2. The average Bonchev–Trinajstić information content (AvgIpc) is 2.70. The summed E-state index contributed by atoms with van der Waals surface area (Å²) in [6, 6.07) is 16.9. The Morgan fingerprint density at radius 2 is 1.75 bits per heavy atom. The molecule has 6 nitrogen and oxygen atoms in total. The van der Waals surface area contributed by atoms with Gasteiger partial charge in [-0.3, -0.25) is 25.4 Å². The first-order valence-electron chi connectivity index (χ1n) is 9.18. The maximum Gasteiger partial charge on any atom is 0.270 e. The molecule has 0 saturated carbocycles. The molecule has 0 spiro atoms. The standard InChI is InChI=1S/C22H23N3O3/c1-15-9-11-17(12-10-15)28-13-5-8-21(26)24-25-22(27)19-14-16(2)23-20-7-4-3-6-18(19)20/h3-4,6-7,9-12,14H,5,8,13H2,1-2H3,(H,24,26)(H,25,27). The fraction of sp³-hybridized carbons (Fsp3) is 0.227. The summed E-state index contributed by atoms with van der Waals surface area (Å²) in [5, 5.41) is 0.742. The van der Waals surface area contributed by atoms with Crippen molar-refractivity contribution in [3.05, 3.63) is 71.4 Å². The minimum absolute atomic E-state index is 0.252. The first kappa shape index (κ1) is 19.4. The third-order valence-corrected chi connectivity index (χ3v) is 4.24. The smallest absolute Gasteiger partial charge is 0.270 e. The number of para-hydroxylation sites is 1. The molecular formula is C22H23N3O3. The monoisotopic (exact) mass is 377 g/mol. The van der Waals surface area contributed by atoms with Crippen LogP contribution in [0, 0.1) is 13.8 Å². The van der Waals surface area contributed by atoms with Crippen LogP contribution >= 0.6 is 0 Å². The lowest BCUT2D eigenvalue weighted by atomic mass is 10.1. The quantitative estimate of drug-likeness (QED) is 0.509. The van der Waals surface area contributed by atoms with E-state index < -0.39 is 0 Å². The van der Waals surface area contributed by atoms with Gasteiger partial charge in [-0.25, -0.2) is 0 Å². The average molecular weight is 377 g/mol. The Morgan fingerprint density at radius 3 is 2.54 bits per heavy atom. The van der Waals surface area contributed by atoms with Gasteiger partial charge in [-0.2, -0.15) is 0 Å². The lowest BCUT2D eigenvalue weighted by molar-refractivity contribution is -0.122. The summed E-state index contributed by atoms with van der Waals surface area (Å²) in [5.41, 5.74) is 8.06. The van der Waals surface area contributed by atoms with E-state index >= 15 is 0 Å². The van der Waals surface area contributed by atoms with Crippen molar-refractivity contribution in [1.29, 1.82) is 0 Å². The number of hydrazine groups is 1. The molecule has 28 heavy (non-hydrogen) atoms. The minimum Gasteiger partial charge on any atom is -0.494 e. The van der Waals surface area contributed by atoms with Crippen LogP contribution in [0.25, 0.3) is 10.9 Å². The molecule has 0 saturated heterocycles. The van der Waals surface area contributed by atoms with Crippen molar-refractivity contribution in [2.24, 2.45) is 0 Å². The van der Waals surface area contributed by atoms with Gasteiger partial charge < -0.3 is 4.74 Å². The molecule has 0 fully saturated rings. The van der Waals surface area contributed by atoms with E-state index in [4.69, 9.17) is 4.74 Å². The Balaban J connectivity index is 1.47. The highest BCUT2D eigenvalue weighted by Crippen LogP contribution is 2.18. The van der Waals surface area contributed by atoms with E-state index in [1.54, 1.807) is 6.07 Å². The summed E-state index contributed by atoms with van der Waals surface area (Å²) in [5.74, 6) is 0.140. The van der Waals surface area contributed by atoms with Crippen LogP contribution in [0.4, 0.5) is 0 Å². The zero-order chi connectivity index (χ0) is 19.9. The first-order valence-corrected chi connectivity index (χ1v) is 9.18.